The molecule has 0 amide bonds. The van der Waals surface area contributed by atoms with Gasteiger partial charge in [0.1, 0.15) is 12.4 Å². The molecule has 0 heterocycles. The van der Waals surface area contributed by atoms with Gasteiger partial charge < -0.3 is 19.7 Å². The van der Waals surface area contributed by atoms with Gasteiger partial charge in [-0.25, -0.2) is 4.79 Å². The van der Waals surface area contributed by atoms with Crippen LogP contribution in [0.3, 0.4) is 0 Å². The SMILES string of the molecule is CN=C(NCc1ccc(C(=O)OC)cc1)N(C)CCOc1ccccc1. The van der Waals surface area contributed by atoms with Crippen molar-refractivity contribution in [2.45, 2.75) is 6.54 Å². The highest BCUT2D eigenvalue weighted by Crippen LogP contribution is 2.08. The fourth-order valence-electron chi connectivity index (χ4n) is 2.37. The molecule has 0 saturated heterocycles. The van der Waals surface area contributed by atoms with Crippen molar-refractivity contribution >= 4 is 11.9 Å². The summed E-state index contributed by atoms with van der Waals surface area (Å²) in [7, 11) is 5.08. The molecule has 0 spiro atoms. The number of ether oxygens (including phenoxy) is 2. The van der Waals surface area contributed by atoms with Crippen molar-refractivity contribution in [2.75, 3.05) is 34.4 Å². The van der Waals surface area contributed by atoms with Gasteiger partial charge in [0, 0.05) is 20.6 Å². The molecule has 1 N–H and O–H groups in total. The lowest BCUT2D eigenvalue weighted by molar-refractivity contribution is 0.0600. The third-order valence-corrected chi connectivity index (χ3v) is 3.84. The van der Waals surface area contributed by atoms with Crippen LogP contribution < -0.4 is 10.1 Å². The van der Waals surface area contributed by atoms with Crippen LogP contribution in [0, 0.1) is 0 Å². The van der Waals surface area contributed by atoms with Crippen molar-refractivity contribution in [1.82, 2.24) is 10.2 Å². The van der Waals surface area contributed by atoms with Crippen LogP contribution in [0.5, 0.6) is 5.75 Å². The Kier molecular flexibility index (Phi) is 7.49. The number of benzene rings is 2. The molecule has 2 rings (SSSR count). The molecular weight excluding hydrogens is 330 g/mol. The van der Waals surface area contributed by atoms with Crippen molar-refractivity contribution in [3.05, 3.63) is 65.7 Å². The lowest BCUT2D eigenvalue weighted by Crippen LogP contribution is -2.40. The molecule has 2 aromatic carbocycles. The molecule has 0 aromatic heterocycles. The number of methoxy groups -OCH3 is 1. The molecule has 0 atom stereocenters. The summed E-state index contributed by atoms with van der Waals surface area (Å²) in [6.45, 7) is 1.88. The number of aliphatic imine (C=N–C) groups is 1. The molecule has 26 heavy (non-hydrogen) atoms. The molecule has 0 aliphatic heterocycles. The smallest absolute Gasteiger partial charge is 0.337 e. The minimum absolute atomic E-state index is 0.335. The number of esters is 1. The van der Waals surface area contributed by atoms with E-state index in [1.165, 1.54) is 7.11 Å². The van der Waals surface area contributed by atoms with E-state index in [1.54, 1.807) is 19.2 Å². The first kappa shape index (κ1) is 19.3. The maximum Gasteiger partial charge on any atom is 0.337 e. The Morgan fingerprint density at radius 1 is 1.12 bits per heavy atom. The van der Waals surface area contributed by atoms with E-state index in [2.05, 4.69) is 10.3 Å². The third-order valence-electron chi connectivity index (χ3n) is 3.84. The third kappa shape index (κ3) is 5.81. The molecular formula is C20H25N3O3. The molecule has 0 saturated carbocycles. The van der Waals surface area contributed by atoms with Gasteiger partial charge >= 0.3 is 5.97 Å². The highest BCUT2D eigenvalue weighted by molar-refractivity contribution is 5.89. The number of rotatable bonds is 7. The first-order valence-corrected chi connectivity index (χ1v) is 8.41. The fraction of sp³-hybridized carbons (Fsp3) is 0.300. The molecule has 0 radical (unpaired) electrons. The zero-order valence-electron chi connectivity index (χ0n) is 15.4. The summed E-state index contributed by atoms with van der Waals surface area (Å²) in [5.74, 6) is 1.30. The average molecular weight is 355 g/mol. The number of guanidine groups is 1. The van der Waals surface area contributed by atoms with Crippen molar-refractivity contribution in [1.29, 1.82) is 0 Å². The Labute approximate surface area is 154 Å². The second-order valence-electron chi connectivity index (χ2n) is 5.67. The Balaban J connectivity index is 1.80. The predicted molar refractivity (Wildman–Crippen MR) is 103 cm³/mol. The van der Waals surface area contributed by atoms with Crippen molar-refractivity contribution < 1.29 is 14.3 Å². The quantitative estimate of drug-likeness (QED) is 0.470. The Bertz CT molecular complexity index is 715. The normalized spacial score (nSPS) is 11.0. The minimum atomic E-state index is -0.335. The zero-order chi connectivity index (χ0) is 18.8. The predicted octanol–water partition coefficient (Wildman–Crippen LogP) is 2.56. The molecule has 0 bridgehead atoms. The Morgan fingerprint density at radius 2 is 1.81 bits per heavy atom. The van der Waals surface area contributed by atoms with Gasteiger partial charge in [0.2, 0.25) is 0 Å². The van der Waals surface area contributed by atoms with E-state index < -0.39 is 0 Å². The maximum atomic E-state index is 11.5. The summed E-state index contributed by atoms with van der Waals surface area (Å²) in [5.41, 5.74) is 1.59. The van der Waals surface area contributed by atoms with Gasteiger partial charge in [-0.2, -0.15) is 0 Å². The lowest BCUT2D eigenvalue weighted by Gasteiger charge is -2.22. The summed E-state index contributed by atoms with van der Waals surface area (Å²) in [5, 5.41) is 3.30. The number of nitrogens with one attached hydrogen (secondary N) is 1. The molecule has 2 aromatic rings. The van der Waals surface area contributed by atoms with Crippen molar-refractivity contribution in [3.8, 4) is 5.75 Å². The highest BCUT2D eigenvalue weighted by Gasteiger charge is 2.07. The topological polar surface area (TPSA) is 63.2 Å². The number of likely N-dealkylation sites (N-methyl/N-ethyl adjacent to an activating group) is 1. The summed E-state index contributed by atoms with van der Waals surface area (Å²) < 4.78 is 10.4. The van der Waals surface area contributed by atoms with Crippen LogP contribution >= 0.6 is 0 Å². The van der Waals surface area contributed by atoms with E-state index in [-0.39, 0.29) is 5.97 Å². The van der Waals surface area contributed by atoms with Crippen LogP contribution in [0.25, 0.3) is 0 Å². The summed E-state index contributed by atoms with van der Waals surface area (Å²) in [4.78, 5) is 17.7. The van der Waals surface area contributed by atoms with E-state index >= 15 is 0 Å². The van der Waals surface area contributed by atoms with Crippen LogP contribution in [0.4, 0.5) is 0 Å². The van der Waals surface area contributed by atoms with Crippen LogP contribution in [0.2, 0.25) is 0 Å². The van der Waals surface area contributed by atoms with Crippen LogP contribution in [-0.2, 0) is 11.3 Å². The molecule has 0 fully saturated rings. The number of carbonyl (C=O) groups excluding carboxylic acids is 1. The van der Waals surface area contributed by atoms with Crippen molar-refractivity contribution in [2.24, 2.45) is 4.99 Å². The lowest BCUT2D eigenvalue weighted by atomic mass is 10.1. The number of hydrogen-bond acceptors (Lipinski definition) is 4. The van der Waals surface area contributed by atoms with Gasteiger partial charge in [0.15, 0.2) is 5.96 Å². The number of nitrogens with zero attached hydrogens (tertiary/aromatic N) is 2. The second kappa shape index (κ2) is 10.1. The maximum absolute atomic E-state index is 11.5. The van der Waals surface area contributed by atoms with Gasteiger partial charge in [-0.1, -0.05) is 30.3 Å². The van der Waals surface area contributed by atoms with Gasteiger partial charge in [0.05, 0.1) is 19.2 Å². The van der Waals surface area contributed by atoms with Gasteiger partial charge in [-0.3, -0.25) is 4.99 Å². The van der Waals surface area contributed by atoms with Crippen LogP contribution in [0.1, 0.15) is 15.9 Å². The molecule has 0 aliphatic rings. The fourth-order valence-corrected chi connectivity index (χ4v) is 2.37. The Morgan fingerprint density at radius 3 is 2.42 bits per heavy atom. The van der Waals surface area contributed by atoms with Gasteiger partial charge in [-0.15, -0.1) is 0 Å². The summed E-state index contributed by atoms with van der Waals surface area (Å²) >= 11 is 0. The molecule has 138 valence electrons. The standard InChI is InChI=1S/C20H25N3O3/c1-21-20(23(2)13-14-26-18-7-5-4-6-8-18)22-15-16-9-11-17(12-10-16)19(24)25-3/h4-12H,13-15H2,1-3H3,(H,21,22). The average Bonchev–Trinajstić information content (AvgIpc) is 2.69. The molecule has 6 nitrogen and oxygen atoms in total. The largest absolute Gasteiger partial charge is 0.492 e. The molecule has 6 heteroatoms. The Hall–Kier alpha value is -3.02. The van der Waals surface area contributed by atoms with E-state index in [9.17, 15) is 4.79 Å². The van der Waals surface area contributed by atoms with E-state index in [1.807, 2.05) is 54.4 Å². The second-order valence-corrected chi connectivity index (χ2v) is 5.67. The first-order chi connectivity index (χ1) is 12.6. The molecule has 0 unspecified atom stereocenters. The van der Waals surface area contributed by atoms with Crippen LogP contribution in [0.15, 0.2) is 59.6 Å². The summed E-state index contributed by atoms with van der Waals surface area (Å²) in [6, 6.07) is 17.0. The van der Waals surface area contributed by atoms with E-state index in [0.29, 0.717) is 25.3 Å². The summed E-state index contributed by atoms with van der Waals surface area (Å²) in [6.07, 6.45) is 0. The highest BCUT2D eigenvalue weighted by atomic mass is 16.5. The zero-order valence-corrected chi connectivity index (χ0v) is 15.4. The van der Waals surface area contributed by atoms with Gasteiger partial charge in [-0.05, 0) is 29.8 Å². The van der Waals surface area contributed by atoms with Crippen LogP contribution in [-0.4, -0.2) is 51.2 Å². The number of carbonyl (C=O) groups is 1. The first-order valence-electron chi connectivity index (χ1n) is 8.41. The van der Waals surface area contributed by atoms with Gasteiger partial charge in [0.25, 0.3) is 0 Å². The molecule has 0 aliphatic carbocycles. The number of para-hydroxylation sites is 1. The van der Waals surface area contributed by atoms with E-state index in [0.717, 1.165) is 17.3 Å². The van der Waals surface area contributed by atoms with E-state index in [4.69, 9.17) is 9.47 Å². The minimum Gasteiger partial charge on any atom is -0.492 e. The number of hydrogen-bond donors (Lipinski definition) is 1. The van der Waals surface area contributed by atoms with Crippen molar-refractivity contribution in [3.63, 3.8) is 0 Å². The monoisotopic (exact) mass is 355 g/mol.